The summed E-state index contributed by atoms with van der Waals surface area (Å²) in [6, 6.07) is 12.4. The molecule has 3 aromatic rings. The standard InChI is InChI=1S/C21H22N6O4/c28-21(23-12-16-1-3-17(4-2-16)13-26-15-22-14-24-26)18-5-6-19(20(11-18)27(29)30)25-7-9-31-10-8-25/h1-6,11,14-15H,7-10,12-13H2,(H,23,28). The molecule has 1 saturated heterocycles. The smallest absolute Gasteiger partial charge is 0.293 e. The van der Waals surface area contributed by atoms with E-state index in [2.05, 4.69) is 15.4 Å². The molecule has 31 heavy (non-hydrogen) atoms. The number of morpholine rings is 1. The maximum Gasteiger partial charge on any atom is 0.293 e. The van der Waals surface area contributed by atoms with Crippen molar-refractivity contribution in [2.24, 2.45) is 0 Å². The van der Waals surface area contributed by atoms with Crippen LogP contribution in [0.4, 0.5) is 11.4 Å². The highest BCUT2D eigenvalue weighted by Gasteiger charge is 2.23. The second-order valence-corrected chi connectivity index (χ2v) is 7.15. The predicted molar refractivity (Wildman–Crippen MR) is 113 cm³/mol. The van der Waals surface area contributed by atoms with E-state index in [1.165, 1.54) is 12.4 Å². The monoisotopic (exact) mass is 422 g/mol. The van der Waals surface area contributed by atoms with Crippen LogP contribution in [0.2, 0.25) is 0 Å². The van der Waals surface area contributed by atoms with Crippen molar-refractivity contribution in [1.82, 2.24) is 20.1 Å². The Morgan fingerprint density at radius 2 is 1.87 bits per heavy atom. The molecule has 160 valence electrons. The summed E-state index contributed by atoms with van der Waals surface area (Å²) in [5.41, 5.74) is 2.68. The van der Waals surface area contributed by atoms with Crippen LogP contribution in [0, 0.1) is 10.1 Å². The van der Waals surface area contributed by atoms with Crippen LogP contribution in [0.5, 0.6) is 0 Å². The van der Waals surface area contributed by atoms with Gasteiger partial charge in [-0.3, -0.25) is 14.9 Å². The van der Waals surface area contributed by atoms with Crippen LogP contribution < -0.4 is 10.2 Å². The lowest BCUT2D eigenvalue weighted by Crippen LogP contribution is -2.36. The normalized spacial score (nSPS) is 13.7. The number of benzene rings is 2. The summed E-state index contributed by atoms with van der Waals surface area (Å²) in [6.45, 7) is 3.15. The summed E-state index contributed by atoms with van der Waals surface area (Å²) in [5.74, 6) is -0.358. The summed E-state index contributed by atoms with van der Waals surface area (Å²) in [5, 5.41) is 18.5. The van der Waals surface area contributed by atoms with E-state index in [1.807, 2.05) is 29.2 Å². The maximum atomic E-state index is 12.6. The largest absolute Gasteiger partial charge is 0.378 e. The van der Waals surface area contributed by atoms with Crippen LogP contribution in [0.15, 0.2) is 55.1 Å². The number of nitrogens with one attached hydrogen (secondary N) is 1. The van der Waals surface area contributed by atoms with Crippen molar-refractivity contribution < 1.29 is 14.5 Å². The van der Waals surface area contributed by atoms with Gasteiger partial charge < -0.3 is 15.0 Å². The maximum absolute atomic E-state index is 12.6. The van der Waals surface area contributed by atoms with Crippen LogP contribution in [0.1, 0.15) is 21.5 Å². The van der Waals surface area contributed by atoms with E-state index in [0.717, 1.165) is 11.1 Å². The molecular weight excluding hydrogens is 400 g/mol. The molecule has 10 nitrogen and oxygen atoms in total. The summed E-state index contributed by atoms with van der Waals surface area (Å²) in [6.07, 6.45) is 3.14. The number of nitro benzene ring substituents is 1. The molecule has 10 heteroatoms. The quantitative estimate of drug-likeness (QED) is 0.457. The molecule has 1 aliphatic rings. The van der Waals surface area contributed by atoms with Gasteiger partial charge in [0.1, 0.15) is 18.3 Å². The van der Waals surface area contributed by atoms with Crippen molar-refractivity contribution in [3.8, 4) is 0 Å². The Hall–Kier alpha value is -3.79. The van der Waals surface area contributed by atoms with Crippen LogP contribution in [-0.2, 0) is 17.8 Å². The SMILES string of the molecule is O=C(NCc1ccc(Cn2cncn2)cc1)c1ccc(N2CCOCC2)c([N+](=O)[O-])c1. The minimum atomic E-state index is -0.449. The highest BCUT2D eigenvalue weighted by atomic mass is 16.6. The molecule has 1 fully saturated rings. The first-order chi connectivity index (χ1) is 15.1. The van der Waals surface area contributed by atoms with Crippen molar-refractivity contribution >= 4 is 17.3 Å². The zero-order valence-electron chi connectivity index (χ0n) is 16.8. The number of anilines is 1. The number of ether oxygens (including phenoxy) is 1. The van der Waals surface area contributed by atoms with Gasteiger partial charge in [-0.05, 0) is 23.3 Å². The van der Waals surface area contributed by atoms with Crippen LogP contribution in [0.3, 0.4) is 0 Å². The molecule has 1 aliphatic heterocycles. The van der Waals surface area contributed by atoms with E-state index in [-0.39, 0.29) is 17.2 Å². The van der Waals surface area contributed by atoms with E-state index < -0.39 is 4.92 Å². The summed E-state index contributed by atoms with van der Waals surface area (Å²) >= 11 is 0. The second kappa shape index (κ2) is 9.35. The minimum Gasteiger partial charge on any atom is -0.378 e. The number of aromatic nitrogens is 3. The molecule has 0 spiro atoms. The molecule has 0 unspecified atom stereocenters. The topological polar surface area (TPSA) is 115 Å². The molecule has 0 aliphatic carbocycles. The van der Waals surface area contributed by atoms with E-state index in [9.17, 15) is 14.9 Å². The van der Waals surface area contributed by atoms with Crippen molar-refractivity contribution in [2.45, 2.75) is 13.1 Å². The van der Waals surface area contributed by atoms with Crippen molar-refractivity contribution in [1.29, 1.82) is 0 Å². The number of hydrogen-bond donors (Lipinski definition) is 1. The third-order valence-electron chi connectivity index (χ3n) is 5.07. The lowest BCUT2D eigenvalue weighted by molar-refractivity contribution is -0.384. The zero-order chi connectivity index (χ0) is 21.6. The Labute approximate surface area is 178 Å². The number of carbonyl (C=O) groups excluding carboxylic acids is 1. The van der Waals surface area contributed by atoms with Gasteiger partial charge in [-0.15, -0.1) is 0 Å². The lowest BCUT2D eigenvalue weighted by Gasteiger charge is -2.28. The Balaban J connectivity index is 1.40. The number of rotatable bonds is 7. The Kier molecular flexibility index (Phi) is 6.18. The highest BCUT2D eigenvalue weighted by Crippen LogP contribution is 2.30. The van der Waals surface area contributed by atoms with Gasteiger partial charge in [-0.25, -0.2) is 9.67 Å². The molecule has 2 heterocycles. The molecule has 0 radical (unpaired) electrons. The number of hydrogen-bond acceptors (Lipinski definition) is 7. The van der Waals surface area contributed by atoms with Crippen LogP contribution in [-0.4, -0.2) is 51.9 Å². The third-order valence-corrected chi connectivity index (χ3v) is 5.07. The third kappa shape index (κ3) is 5.04. The number of nitro groups is 1. The second-order valence-electron chi connectivity index (χ2n) is 7.15. The lowest BCUT2D eigenvalue weighted by atomic mass is 10.1. The van der Waals surface area contributed by atoms with E-state index in [1.54, 1.807) is 23.1 Å². The zero-order valence-corrected chi connectivity index (χ0v) is 16.8. The van der Waals surface area contributed by atoms with Crippen LogP contribution in [0.25, 0.3) is 0 Å². The van der Waals surface area contributed by atoms with Gasteiger partial charge in [0.2, 0.25) is 0 Å². The Morgan fingerprint density at radius 1 is 1.13 bits per heavy atom. The molecule has 1 amide bonds. The summed E-state index contributed by atoms with van der Waals surface area (Å²) in [4.78, 5) is 29.5. The van der Waals surface area contributed by atoms with Gasteiger partial charge in [0, 0.05) is 31.3 Å². The van der Waals surface area contributed by atoms with Crippen molar-refractivity contribution in [3.05, 3.63) is 81.9 Å². The Morgan fingerprint density at radius 3 is 2.55 bits per heavy atom. The first kappa shape index (κ1) is 20.5. The molecular formula is C21H22N6O4. The molecule has 0 saturated carbocycles. The fourth-order valence-electron chi connectivity index (χ4n) is 3.43. The molecule has 2 aromatic carbocycles. The van der Waals surface area contributed by atoms with E-state index in [4.69, 9.17) is 4.74 Å². The fourth-order valence-corrected chi connectivity index (χ4v) is 3.43. The van der Waals surface area contributed by atoms with Gasteiger partial charge in [-0.1, -0.05) is 24.3 Å². The Bertz CT molecular complexity index is 1050. The molecule has 0 atom stereocenters. The average Bonchev–Trinajstić information content (AvgIpc) is 3.31. The number of nitrogens with zero attached hydrogens (tertiary/aromatic N) is 5. The van der Waals surface area contributed by atoms with Crippen molar-refractivity contribution in [2.75, 3.05) is 31.2 Å². The van der Waals surface area contributed by atoms with Crippen LogP contribution >= 0.6 is 0 Å². The van der Waals surface area contributed by atoms with Gasteiger partial charge in [0.05, 0.1) is 24.7 Å². The van der Waals surface area contributed by atoms with E-state index >= 15 is 0 Å². The van der Waals surface area contributed by atoms with Gasteiger partial charge in [-0.2, -0.15) is 5.10 Å². The molecule has 4 rings (SSSR count). The number of amides is 1. The van der Waals surface area contributed by atoms with Gasteiger partial charge in [0.15, 0.2) is 0 Å². The molecule has 0 bridgehead atoms. The van der Waals surface area contributed by atoms with E-state index in [0.29, 0.717) is 45.1 Å². The van der Waals surface area contributed by atoms with Gasteiger partial charge in [0.25, 0.3) is 11.6 Å². The fraction of sp³-hybridized carbons (Fsp3) is 0.286. The first-order valence-electron chi connectivity index (χ1n) is 9.90. The van der Waals surface area contributed by atoms with Gasteiger partial charge >= 0.3 is 0 Å². The minimum absolute atomic E-state index is 0.0768. The average molecular weight is 422 g/mol. The van der Waals surface area contributed by atoms with Crippen molar-refractivity contribution in [3.63, 3.8) is 0 Å². The highest BCUT2D eigenvalue weighted by molar-refractivity contribution is 5.95. The molecule has 1 aromatic heterocycles. The summed E-state index contributed by atoms with van der Waals surface area (Å²) in [7, 11) is 0. The predicted octanol–water partition coefficient (Wildman–Crippen LogP) is 2.00. The summed E-state index contributed by atoms with van der Waals surface area (Å²) < 4.78 is 7.03. The number of carbonyl (C=O) groups is 1. The first-order valence-corrected chi connectivity index (χ1v) is 9.90. The molecule has 1 N–H and O–H groups in total.